The predicted molar refractivity (Wildman–Crippen MR) is 298 cm³/mol. The molecule has 0 rings (SSSR count). The summed E-state index contributed by atoms with van der Waals surface area (Å²) in [5, 5.41) is 0. The van der Waals surface area contributed by atoms with Gasteiger partial charge in [0.2, 0.25) is 0 Å². The molecule has 6 heteroatoms. The zero-order chi connectivity index (χ0) is 50.0. The molecule has 0 aromatic heterocycles. The summed E-state index contributed by atoms with van der Waals surface area (Å²) in [6, 6.07) is 0. The standard InChI is InChI=1S/C63H120O6/c1-4-7-10-13-16-19-22-24-26-27-28-29-30-31-32-33-34-35-36-37-38-40-41-44-47-50-53-56-62(65)68-59-60(58-67-61(64)55-52-49-46-43-21-18-15-12-9-6-3)69-63(66)57-54-51-48-45-42-39-25-23-20-17-14-11-8-5-2/h12,15,60H,4-11,13-14,16-59H2,1-3H3/b15-12-. The zero-order valence-corrected chi connectivity index (χ0v) is 46.9. The van der Waals surface area contributed by atoms with Crippen molar-refractivity contribution in [1.82, 2.24) is 0 Å². The first-order chi connectivity index (χ1) is 34.0. The van der Waals surface area contributed by atoms with Gasteiger partial charge in [0.15, 0.2) is 6.10 Å². The van der Waals surface area contributed by atoms with E-state index < -0.39 is 6.10 Å². The minimum atomic E-state index is -0.767. The smallest absolute Gasteiger partial charge is 0.306 e. The number of esters is 3. The Morgan fingerprint density at radius 1 is 0.275 bits per heavy atom. The van der Waals surface area contributed by atoms with E-state index in [-0.39, 0.29) is 31.1 Å². The van der Waals surface area contributed by atoms with Crippen LogP contribution >= 0.6 is 0 Å². The summed E-state index contributed by atoms with van der Waals surface area (Å²) in [6.45, 7) is 6.63. The third-order valence-electron chi connectivity index (χ3n) is 14.3. The molecule has 6 nitrogen and oxygen atoms in total. The molecule has 0 aliphatic carbocycles. The fourth-order valence-corrected chi connectivity index (χ4v) is 9.57. The number of unbranched alkanes of at least 4 members (excludes halogenated alkanes) is 45. The molecule has 0 radical (unpaired) electrons. The Kier molecular flexibility index (Phi) is 57.1. The van der Waals surface area contributed by atoms with E-state index in [1.165, 1.54) is 244 Å². The van der Waals surface area contributed by atoms with Gasteiger partial charge >= 0.3 is 17.9 Å². The highest BCUT2D eigenvalue weighted by Gasteiger charge is 2.19. The highest BCUT2D eigenvalue weighted by molar-refractivity contribution is 5.71. The van der Waals surface area contributed by atoms with Crippen molar-refractivity contribution in [3.63, 3.8) is 0 Å². The monoisotopic (exact) mass is 973 g/mol. The van der Waals surface area contributed by atoms with Crippen molar-refractivity contribution in [2.24, 2.45) is 0 Å². The summed E-state index contributed by atoms with van der Waals surface area (Å²) in [7, 11) is 0. The second kappa shape index (κ2) is 58.7. The topological polar surface area (TPSA) is 78.9 Å². The Morgan fingerprint density at radius 2 is 0.507 bits per heavy atom. The van der Waals surface area contributed by atoms with Gasteiger partial charge in [-0.1, -0.05) is 309 Å². The molecule has 0 N–H and O–H groups in total. The Balaban J connectivity index is 4.08. The maximum atomic E-state index is 12.8. The molecule has 0 spiro atoms. The van der Waals surface area contributed by atoms with E-state index >= 15 is 0 Å². The van der Waals surface area contributed by atoms with E-state index in [2.05, 4.69) is 32.9 Å². The second-order valence-corrected chi connectivity index (χ2v) is 21.3. The molecular weight excluding hydrogens is 853 g/mol. The van der Waals surface area contributed by atoms with Crippen LogP contribution in [0.5, 0.6) is 0 Å². The number of carbonyl (C=O) groups excluding carboxylic acids is 3. The summed E-state index contributed by atoms with van der Waals surface area (Å²) in [5.74, 6) is -0.853. The first-order valence-corrected chi connectivity index (χ1v) is 31.2. The lowest BCUT2D eigenvalue weighted by atomic mass is 10.0. The number of rotatable bonds is 58. The van der Waals surface area contributed by atoms with Crippen LogP contribution in [0.2, 0.25) is 0 Å². The normalized spacial score (nSPS) is 12.0. The van der Waals surface area contributed by atoms with E-state index in [9.17, 15) is 14.4 Å². The van der Waals surface area contributed by atoms with Crippen LogP contribution < -0.4 is 0 Å². The average Bonchev–Trinajstić information content (AvgIpc) is 3.35. The summed E-state index contributed by atoms with van der Waals surface area (Å²) in [5.41, 5.74) is 0. The van der Waals surface area contributed by atoms with E-state index in [1.807, 2.05) is 0 Å². The van der Waals surface area contributed by atoms with E-state index in [1.54, 1.807) is 0 Å². The van der Waals surface area contributed by atoms with Crippen LogP contribution in [-0.2, 0) is 28.6 Å². The van der Waals surface area contributed by atoms with Crippen molar-refractivity contribution in [3.05, 3.63) is 12.2 Å². The lowest BCUT2D eigenvalue weighted by molar-refractivity contribution is -0.167. The average molecular weight is 974 g/mol. The van der Waals surface area contributed by atoms with Crippen molar-refractivity contribution in [1.29, 1.82) is 0 Å². The molecule has 408 valence electrons. The molecule has 0 amide bonds. The fraction of sp³-hybridized carbons (Fsp3) is 0.921. The molecule has 0 aromatic rings. The molecule has 1 unspecified atom stereocenters. The molecule has 0 aliphatic rings. The van der Waals surface area contributed by atoms with Gasteiger partial charge in [-0.3, -0.25) is 14.4 Å². The van der Waals surface area contributed by atoms with Gasteiger partial charge in [0.05, 0.1) is 0 Å². The molecule has 0 saturated carbocycles. The summed E-state index contributed by atoms with van der Waals surface area (Å²) in [4.78, 5) is 38.1. The quantitative estimate of drug-likeness (QED) is 0.0261. The van der Waals surface area contributed by atoms with Gasteiger partial charge in [0.1, 0.15) is 13.2 Å². The van der Waals surface area contributed by atoms with E-state index in [0.717, 1.165) is 70.6 Å². The lowest BCUT2D eigenvalue weighted by Crippen LogP contribution is -2.30. The first kappa shape index (κ1) is 67.1. The Morgan fingerprint density at radius 3 is 0.783 bits per heavy atom. The summed E-state index contributed by atoms with van der Waals surface area (Å²) < 4.78 is 16.9. The Hall–Kier alpha value is -1.85. The van der Waals surface area contributed by atoms with Crippen LogP contribution in [0.1, 0.15) is 355 Å². The van der Waals surface area contributed by atoms with Gasteiger partial charge in [0.25, 0.3) is 0 Å². The highest BCUT2D eigenvalue weighted by atomic mass is 16.6. The Bertz CT molecular complexity index is 1070. The Labute approximate surface area is 431 Å². The molecule has 69 heavy (non-hydrogen) atoms. The predicted octanol–water partition coefficient (Wildman–Crippen LogP) is 20.9. The summed E-state index contributed by atoms with van der Waals surface area (Å²) in [6.07, 6.45) is 68.1. The number of hydrogen-bond donors (Lipinski definition) is 0. The van der Waals surface area contributed by atoms with Crippen molar-refractivity contribution in [3.8, 4) is 0 Å². The van der Waals surface area contributed by atoms with E-state index in [4.69, 9.17) is 14.2 Å². The molecule has 0 saturated heterocycles. The van der Waals surface area contributed by atoms with Gasteiger partial charge in [-0.25, -0.2) is 0 Å². The zero-order valence-electron chi connectivity index (χ0n) is 46.9. The SMILES string of the molecule is CCC/C=C\CCCCCCCC(=O)OCC(COC(=O)CCCCCCCCCCCCCCCCCCCCCCCCCCCCC)OC(=O)CCCCCCCCCCCCCCCC. The van der Waals surface area contributed by atoms with E-state index in [0.29, 0.717) is 19.3 Å². The number of allylic oxidation sites excluding steroid dienone is 2. The lowest BCUT2D eigenvalue weighted by Gasteiger charge is -2.18. The van der Waals surface area contributed by atoms with Crippen LogP contribution in [0, 0.1) is 0 Å². The van der Waals surface area contributed by atoms with Crippen LogP contribution in [0.3, 0.4) is 0 Å². The molecule has 0 bridgehead atoms. The largest absolute Gasteiger partial charge is 0.462 e. The summed E-state index contributed by atoms with van der Waals surface area (Å²) >= 11 is 0. The maximum absolute atomic E-state index is 12.8. The third-order valence-corrected chi connectivity index (χ3v) is 14.3. The molecule has 0 aliphatic heterocycles. The highest BCUT2D eigenvalue weighted by Crippen LogP contribution is 2.18. The number of hydrogen-bond acceptors (Lipinski definition) is 6. The van der Waals surface area contributed by atoms with Gasteiger partial charge in [-0.2, -0.15) is 0 Å². The van der Waals surface area contributed by atoms with Crippen molar-refractivity contribution < 1.29 is 28.6 Å². The third kappa shape index (κ3) is 56.9. The fourth-order valence-electron chi connectivity index (χ4n) is 9.57. The van der Waals surface area contributed by atoms with Crippen LogP contribution in [0.15, 0.2) is 12.2 Å². The molecule has 0 fully saturated rings. The maximum Gasteiger partial charge on any atom is 0.306 e. The minimum Gasteiger partial charge on any atom is -0.462 e. The second-order valence-electron chi connectivity index (χ2n) is 21.3. The van der Waals surface area contributed by atoms with Crippen molar-refractivity contribution in [2.75, 3.05) is 13.2 Å². The van der Waals surface area contributed by atoms with Crippen LogP contribution in [-0.4, -0.2) is 37.2 Å². The van der Waals surface area contributed by atoms with Gasteiger partial charge in [0, 0.05) is 19.3 Å². The molecule has 0 aromatic carbocycles. The van der Waals surface area contributed by atoms with Gasteiger partial charge in [-0.15, -0.1) is 0 Å². The molecular formula is C63H120O6. The first-order valence-electron chi connectivity index (χ1n) is 31.2. The van der Waals surface area contributed by atoms with Crippen LogP contribution in [0.25, 0.3) is 0 Å². The van der Waals surface area contributed by atoms with Gasteiger partial charge < -0.3 is 14.2 Å². The van der Waals surface area contributed by atoms with Crippen molar-refractivity contribution in [2.45, 2.75) is 361 Å². The number of ether oxygens (including phenoxy) is 3. The number of carbonyl (C=O) groups is 3. The van der Waals surface area contributed by atoms with Gasteiger partial charge in [-0.05, 0) is 38.5 Å². The van der Waals surface area contributed by atoms with Crippen LogP contribution in [0.4, 0.5) is 0 Å². The molecule has 0 heterocycles. The molecule has 1 atom stereocenters. The van der Waals surface area contributed by atoms with Crippen molar-refractivity contribution >= 4 is 17.9 Å². The minimum absolute atomic E-state index is 0.0667.